The van der Waals surface area contributed by atoms with E-state index >= 15 is 0 Å². The molecule has 70 valence electrons. The minimum atomic E-state index is -0.00238. The average molecular weight is 170 g/mol. The van der Waals surface area contributed by atoms with Gasteiger partial charge in [0.2, 0.25) is 0 Å². The van der Waals surface area contributed by atoms with Gasteiger partial charge in [-0.1, -0.05) is 20.8 Å². The summed E-state index contributed by atoms with van der Waals surface area (Å²) in [6, 6.07) is 0. The lowest BCUT2D eigenvalue weighted by molar-refractivity contribution is -0.145. The summed E-state index contributed by atoms with van der Waals surface area (Å²) in [4.78, 5) is 11.2. The summed E-state index contributed by atoms with van der Waals surface area (Å²) < 4.78 is 4.95. The summed E-state index contributed by atoms with van der Waals surface area (Å²) in [5.41, 5.74) is 0.261. The minimum Gasteiger partial charge on any atom is -0.466 e. The van der Waals surface area contributed by atoms with Gasteiger partial charge in [-0.15, -0.1) is 0 Å². The fraction of sp³-hybridized carbons (Fsp3) is 0.900. The predicted molar refractivity (Wildman–Crippen MR) is 47.7 cm³/mol. The molecular formula is C10H18O2. The molecule has 1 rings (SSSR count). The Morgan fingerprint density at radius 1 is 1.50 bits per heavy atom. The van der Waals surface area contributed by atoms with Gasteiger partial charge in [0.15, 0.2) is 0 Å². The second-order valence-corrected chi connectivity index (χ2v) is 4.57. The first-order valence-corrected chi connectivity index (χ1v) is 4.63. The van der Waals surface area contributed by atoms with Crippen LogP contribution in [0.25, 0.3) is 0 Å². The number of hydrogen-bond donors (Lipinski definition) is 0. The number of hydrogen-bond acceptors (Lipinski definition) is 2. The van der Waals surface area contributed by atoms with Crippen LogP contribution in [0.5, 0.6) is 0 Å². The van der Waals surface area contributed by atoms with Crippen molar-refractivity contribution in [2.45, 2.75) is 34.1 Å². The first kappa shape index (κ1) is 9.56. The quantitative estimate of drug-likeness (QED) is 0.594. The maximum atomic E-state index is 11.2. The molecule has 0 amide bonds. The molecule has 2 nitrogen and oxygen atoms in total. The van der Waals surface area contributed by atoms with Crippen LogP contribution < -0.4 is 0 Å². The monoisotopic (exact) mass is 170 g/mol. The molecule has 0 aromatic heterocycles. The molecule has 0 heterocycles. The third-order valence-corrected chi connectivity index (χ3v) is 2.49. The highest BCUT2D eigenvalue weighted by atomic mass is 16.5. The molecule has 2 atom stereocenters. The summed E-state index contributed by atoms with van der Waals surface area (Å²) >= 11 is 0. The molecule has 1 aliphatic carbocycles. The molecule has 0 aromatic rings. The van der Waals surface area contributed by atoms with Gasteiger partial charge in [0, 0.05) is 0 Å². The van der Waals surface area contributed by atoms with Crippen LogP contribution in [0.3, 0.4) is 0 Å². The van der Waals surface area contributed by atoms with Gasteiger partial charge in [-0.05, 0) is 24.7 Å². The Balaban J connectivity index is 2.37. The molecular weight excluding hydrogens is 152 g/mol. The van der Waals surface area contributed by atoms with Crippen LogP contribution in [0.1, 0.15) is 34.1 Å². The molecule has 0 spiro atoms. The van der Waals surface area contributed by atoms with Crippen LogP contribution in [0.2, 0.25) is 0 Å². The molecule has 1 aliphatic rings. The highest BCUT2D eigenvalue weighted by molar-refractivity contribution is 5.75. The second kappa shape index (κ2) is 3.08. The van der Waals surface area contributed by atoms with Crippen molar-refractivity contribution in [1.29, 1.82) is 0 Å². The van der Waals surface area contributed by atoms with E-state index in [1.807, 2.05) is 6.92 Å². The number of carbonyl (C=O) groups is 1. The number of esters is 1. The van der Waals surface area contributed by atoms with Crippen molar-refractivity contribution in [3.8, 4) is 0 Å². The van der Waals surface area contributed by atoms with E-state index in [0.29, 0.717) is 12.5 Å². The number of ether oxygens (including phenoxy) is 1. The third-order valence-electron chi connectivity index (χ3n) is 2.49. The van der Waals surface area contributed by atoms with Crippen molar-refractivity contribution in [1.82, 2.24) is 0 Å². The smallest absolute Gasteiger partial charge is 0.309 e. The topological polar surface area (TPSA) is 26.3 Å². The predicted octanol–water partition coefficient (Wildman–Crippen LogP) is 2.23. The fourth-order valence-electron chi connectivity index (χ4n) is 1.66. The standard InChI is InChI=1S/C10H18O2/c1-5-12-9(11)7-6-8(7)10(2,3)4/h7-8H,5-6H2,1-4H3/t7-,8+/m1/s1. The lowest BCUT2D eigenvalue weighted by Crippen LogP contribution is -2.15. The van der Waals surface area contributed by atoms with Gasteiger partial charge in [-0.2, -0.15) is 0 Å². The molecule has 2 heteroatoms. The zero-order valence-corrected chi connectivity index (χ0v) is 8.39. The van der Waals surface area contributed by atoms with Crippen LogP contribution in [0.15, 0.2) is 0 Å². The van der Waals surface area contributed by atoms with Gasteiger partial charge in [-0.3, -0.25) is 4.79 Å². The van der Waals surface area contributed by atoms with Crippen molar-refractivity contribution in [3.63, 3.8) is 0 Å². The Hall–Kier alpha value is -0.530. The van der Waals surface area contributed by atoms with E-state index in [1.165, 1.54) is 0 Å². The molecule has 12 heavy (non-hydrogen) atoms. The summed E-state index contributed by atoms with van der Waals surface area (Å²) in [7, 11) is 0. The van der Waals surface area contributed by atoms with E-state index in [-0.39, 0.29) is 17.3 Å². The van der Waals surface area contributed by atoms with E-state index in [4.69, 9.17) is 4.74 Å². The van der Waals surface area contributed by atoms with Crippen molar-refractivity contribution >= 4 is 5.97 Å². The zero-order chi connectivity index (χ0) is 9.35. The Morgan fingerprint density at radius 3 is 2.42 bits per heavy atom. The van der Waals surface area contributed by atoms with Crippen LogP contribution in [0, 0.1) is 17.3 Å². The maximum Gasteiger partial charge on any atom is 0.309 e. The average Bonchev–Trinajstić information content (AvgIpc) is 2.62. The summed E-state index contributed by atoms with van der Waals surface area (Å²) in [5, 5.41) is 0. The molecule has 0 unspecified atom stereocenters. The van der Waals surface area contributed by atoms with Gasteiger partial charge in [0.1, 0.15) is 0 Å². The first-order chi connectivity index (χ1) is 5.46. The highest BCUT2D eigenvalue weighted by Gasteiger charge is 2.50. The van der Waals surface area contributed by atoms with Crippen molar-refractivity contribution in [2.24, 2.45) is 17.3 Å². The van der Waals surface area contributed by atoms with Crippen LogP contribution in [-0.2, 0) is 9.53 Å². The lowest BCUT2D eigenvalue weighted by Gasteiger charge is -2.17. The molecule has 0 radical (unpaired) electrons. The second-order valence-electron chi connectivity index (χ2n) is 4.57. The van der Waals surface area contributed by atoms with Crippen molar-refractivity contribution in [3.05, 3.63) is 0 Å². The van der Waals surface area contributed by atoms with Gasteiger partial charge in [-0.25, -0.2) is 0 Å². The van der Waals surface area contributed by atoms with Gasteiger partial charge < -0.3 is 4.74 Å². The molecule has 0 bridgehead atoms. The van der Waals surface area contributed by atoms with E-state index < -0.39 is 0 Å². The van der Waals surface area contributed by atoms with Crippen molar-refractivity contribution in [2.75, 3.05) is 6.61 Å². The van der Waals surface area contributed by atoms with E-state index in [0.717, 1.165) is 6.42 Å². The first-order valence-electron chi connectivity index (χ1n) is 4.63. The van der Waals surface area contributed by atoms with E-state index in [9.17, 15) is 4.79 Å². The minimum absolute atomic E-state index is 0.00238. The Kier molecular flexibility index (Phi) is 2.45. The van der Waals surface area contributed by atoms with Gasteiger partial charge in [0.25, 0.3) is 0 Å². The van der Waals surface area contributed by atoms with Crippen LogP contribution in [0.4, 0.5) is 0 Å². The van der Waals surface area contributed by atoms with Gasteiger partial charge >= 0.3 is 5.97 Å². The Labute approximate surface area is 74.3 Å². The lowest BCUT2D eigenvalue weighted by atomic mass is 9.89. The fourth-order valence-corrected chi connectivity index (χ4v) is 1.66. The van der Waals surface area contributed by atoms with Crippen molar-refractivity contribution < 1.29 is 9.53 Å². The van der Waals surface area contributed by atoms with E-state index in [2.05, 4.69) is 20.8 Å². The summed E-state index contributed by atoms with van der Waals surface area (Å²) in [6.07, 6.45) is 1.02. The van der Waals surface area contributed by atoms with E-state index in [1.54, 1.807) is 0 Å². The molecule has 1 fully saturated rings. The highest BCUT2D eigenvalue weighted by Crippen LogP contribution is 2.51. The molecule has 0 aliphatic heterocycles. The van der Waals surface area contributed by atoms with Crippen LogP contribution >= 0.6 is 0 Å². The third kappa shape index (κ3) is 1.99. The molecule has 0 aromatic carbocycles. The number of carbonyl (C=O) groups excluding carboxylic acids is 1. The van der Waals surface area contributed by atoms with Crippen LogP contribution in [-0.4, -0.2) is 12.6 Å². The SMILES string of the molecule is CCOC(=O)[C@@H]1C[C@@H]1C(C)(C)C. The zero-order valence-electron chi connectivity index (χ0n) is 8.39. The maximum absolute atomic E-state index is 11.2. The largest absolute Gasteiger partial charge is 0.466 e. The Morgan fingerprint density at radius 2 is 2.08 bits per heavy atom. The summed E-state index contributed by atoms with van der Waals surface area (Å²) in [6.45, 7) is 8.89. The molecule has 1 saturated carbocycles. The Bertz CT molecular complexity index is 179. The molecule has 0 saturated heterocycles. The number of rotatable bonds is 2. The van der Waals surface area contributed by atoms with Gasteiger partial charge in [0.05, 0.1) is 12.5 Å². The normalized spacial score (nSPS) is 28.3. The molecule has 0 N–H and O–H groups in total. The summed E-state index contributed by atoms with van der Waals surface area (Å²) in [5.74, 6) is 0.721.